The molecule has 5 heteroatoms. The first-order chi connectivity index (χ1) is 10.1. The van der Waals surface area contributed by atoms with Crippen molar-refractivity contribution in [1.82, 2.24) is 0 Å². The highest BCUT2D eigenvalue weighted by Crippen LogP contribution is 2.41. The Kier molecular flexibility index (Phi) is 4.18. The third-order valence-electron chi connectivity index (χ3n) is 4.45. The molecule has 0 bridgehead atoms. The predicted octanol–water partition coefficient (Wildman–Crippen LogP) is 3.81. The number of aryl methyl sites for hydroxylation is 1. The van der Waals surface area contributed by atoms with Crippen LogP contribution in [0.5, 0.6) is 0 Å². The molecule has 1 N–H and O–H groups in total. The Balaban J connectivity index is 1.90. The number of ether oxygens (including phenoxy) is 1. The van der Waals surface area contributed by atoms with E-state index in [1.165, 1.54) is 6.07 Å². The van der Waals surface area contributed by atoms with E-state index in [-0.39, 0.29) is 29.1 Å². The zero-order chi connectivity index (χ0) is 15.0. The van der Waals surface area contributed by atoms with Gasteiger partial charge in [-0.25, -0.2) is 4.39 Å². The summed E-state index contributed by atoms with van der Waals surface area (Å²) in [6.45, 7) is 2.75. The number of fused-ring (bicyclic) bond motifs is 1. The second kappa shape index (κ2) is 5.93. The molecule has 3 nitrogen and oxygen atoms in total. The van der Waals surface area contributed by atoms with Gasteiger partial charge >= 0.3 is 0 Å². The molecule has 1 saturated heterocycles. The molecule has 3 unspecified atom stereocenters. The number of alkyl halides is 1. The van der Waals surface area contributed by atoms with Gasteiger partial charge in [0.15, 0.2) is 0 Å². The van der Waals surface area contributed by atoms with E-state index in [4.69, 9.17) is 16.3 Å². The van der Waals surface area contributed by atoms with E-state index in [9.17, 15) is 9.18 Å². The molecule has 0 radical (unpaired) electrons. The van der Waals surface area contributed by atoms with Crippen LogP contribution in [-0.2, 0) is 16.0 Å². The van der Waals surface area contributed by atoms with Gasteiger partial charge in [-0.2, -0.15) is 0 Å². The number of halogens is 2. The maximum atomic E-state index is 14.4. The van der Waals surface area contributed by atoms with Gasteiger partial charge in [-0.1, -0.05) is 6.92 Å². The lowest BCUT2D eigenvalue weighted by molar-refractivity contribution is -0.116. The maximum absolute atomic E-state index is 14.4. The van der Waals surface area contributed by atoms with Crippen LogP contribution in [0.3, 0.4) is 0 Å². The number of nitrogens with one attached hydrogen (secondary N) is 1. The lowest BCUT2D eigenvalue weighted by atomic mass is 9.89. The second-order valence-corrected chi connectivity index (χ2v) is 6.22. The molecular weight excluding hydrogens is 293 g/mol. The number of benzene rings is 1. The number of hydrogen-bond donors (Lipinski definition) is 1. The molecule has 1 aromatic rings. The predicted molar refractivity (Wildman–Crippen MR) is 80.1 cm³/mol. The molecule has 21 heavy (non-hydrogen) atoms. The summed E-state index contributed by atoms with van der Waals surface area (Å²) in [6.07, 6.45) is 2.92. The molecule has 114 valence electrons. The first kappa shape index (κ1) is 14.8. The molecular formula is C16H19ClFNO2. The molecule has 2 heterocycles. The van der Waals surface area contributed by atoms with Gasteiger partial charge in [-0.15, -0.1) is 11.6 Å². The highest BCUT2D eigenvalue weighted by atomic mass is 35.5. The zero-order valence-electron chi connectivity index (χ0n) is 12.0. The van der Waals surface area contributed by atoms with Gasteiger partial charge in [0.25, 0.3) is 0 Å². The second-order valence-electron chi connectivity index (χ2n) is 5.75. The van der Waals surface area contributed by atoms with Gasteiger partial charge in [-0.05, 0) is 37.0 Å². The molecule has 3 atom stereocenters. The SMILES string of the molecule is CCC1OCCC1C(Cl)c1cc2c(cc1F)NC(=O)CC2. The van der Waals surface area contributed by atoms with Gasteiger partial charge in [0, 0.05) is 30.2 Å². The fourth-order valence-corrected chi connectivity index (χ4v) is 3.74. The van der Waals surface area contributed by atoms with Crippen LogP contribution in [0.1, 0.15) is 42.7 Å². The highest BCUT2D eigenvalue weighted by molar-refractivity contribution is 6.21. The van der Waals surface area contributed by atoms with Gasteiger partial charge in [0.05, 0.1) is 11.5 Å². The Hall–Kier alpha value is -1.13. The Morgan fingerprint density at radius 1 is 1.48 bits per heavy atom. The Labute approximate surface area is 128 Å². The number of rotatable bonds is 3. The summed E-state index contributed by atoms with van der Waals surface area (Å²) in [4.78, 5) is 11.4. The maximum Gasteiger partial charge on any atom is 0.224 e. The standard InChI is InChI=1S/C16H19ClFNO2/c1-2-14-10(5-6-21-14)16(17)11-7-9-3-4-15(20)19-13(9)8-12(11)18/h7-8,10,14,16H,2-6H2,1H3,(H,19,20). The summed E-state index contributed by atoms with van der Waals surface area (Å²) in [5, 5.41) is 2.32. The van der Waals surface area contributed by atoms with Crippen LogP contribution >= 0.6 is 11.6 Å². The summed E-state index contributed by atoms with van der Waals surface area (Å²) in [5.74, 6) is -0.271. The van der Waals surface area contributed by atoms with Crippen LogP contribution in [-0.4, -0.2) is 18.6 Å². The van der Waals surface area contributed by atoms with Crippen molar-refractivity contribution < 1.29 is 13.9 Å². The van der Waals surface area contributed by atoms with Gasteiger partial charge in [-0.3, -0.25) is 4.79 Å². The Morgan fingerprint density at radius 3 is 3.05 bits per heavy atom. The minimum absolute atomic E-state index is 0.0627. The summed E-state index contributed by atoms with van der Waals surface area (Å²) in [7, 11) is 0. The van der Waals surface area contributed by atoms with Crippen molar-refractivity contribution in [2.45, 2.75) is 44.1 Å². The molecule has 1 aromatic carbocycles. The summed E-state index contributed by atoms with van der Waals surface area (Å²) >= 11 is 6.56. The summed E-state index contributed by atoms with van der Waals surface area (Å²) in [6, 6.07) is 3.21. The molecule has 1 amide bonds. The number of amides is 1. The van der Waals surface area contributed by atoms with Crippen LogP contribution in [0.4, 0.5) is 10.1 Å². The highest BCUT2D eigenvalue weighted by Gasteiger charge is 2.35. The number of carbonyl (C=O) groups excluding carboxylic acids is 1. The molecule has 0 spiro atoms. The number of carbonyl (C=O) groups is 1. The third-order valence-corrected chi connectivity index (χ3v) is 5.01. The average Bonchev–Trinajstić information content (AvgIpc) is 2.94. The molecule has 0 aliphatic carbocycles. The fraction of sp³-hybridized carbons (Fsp3) is 0.562. The van der Waals surface area contributed by atoms with Crippen LogP contribution < -0.4 is 5.32 Å². The van der Waals surface area contributed by atoms with Crippen LogP contribution in [0, 0.1) is 11.7 Å². The summed E-state index contributed by atoms with van der Waals surface area (Å²) in [5.41, 5.74) is 2.07. The molecule has 1 fully saturated rings. The van der Waals surface area contributed by atoms with E-state index < -0.39 is 0 Å². The van der Waals surface area contributed by atoms with E-state index in [1.807, 2.05) is 6.07 Å². The average molecular weight is 312 g/mol. The third kappa shape index (κ3) is 2.79. The molecule has 3 rings (SSSR count). The van der Waals surface area contributed by atoms with Gasteiger partial charge < -0.3 is 10.1 Å². The normalized spacial score (nSPS) is 26.3. The lowest BCUT2D eigenvalue weighted by Crippen LogP contribution is -2.22. The molecule has 0 aromatic heterocycles. The van der Waals surface area contributed by atoms with Crippen molar-refractivity contribution in [3.8, 4) is 0 Å². The Morgan fingerprint density at radius 2 is 2.29 bits per heavy atom. The number of anilines is 1. The number of hydrogen-bond acceptors (Lipinski definition) is 2. The van der Waals surface area contributed by atoms with E-state index in [0.717, 1.165) is 18.4 Å². The van der Waals surface area contributed by atoms with Crippen molar-refractivity contribution in [2.75, 3.05) is 11.9 Å². The van der Waals surface area contributed by atoms with Gasteiger partial charge in [0.2, 0.25) is 5.91 Å². The minimum Gasteiger partial charge on any atom is -0.378 e. The minimum atomic E-state index is -0.389. The van der Waals surface area contributed by atoms with Crippen molar-refractivity contribution in [1.29, 1.82) is 0 Å². The Bertz CT molecular complexity index is 563. The van der Waals surface area contributed by atoms with E-state index in [1.54, 1.807) is 0 Å². The first-order valence-electron chi connectivity index (χ1n) is 7.48. The molecule has 2 aliphatic heterocycles. The van der Waals surface area contributed by atoms with E-state index >= 15 is 0 Å². The smallest absolute Gasteiger partial charge is 0.224 e. The van der Waals surface area contributed by atoms with E-state index in [2.05, 4.69) is 12.2 Å². The molecule has 2 aliphatic rings. The van der Waals surface area contributed by atoms with Crippen LogP contribution in [0.15, 0.2) is 12.1 Å². The van der Waals surface area contributed by atoms with Crippen molar-refractivity contribution in [2.24, 2.45) is 5.92 Å². The van der Waals surface area contributed by atoms with Crippen LogP contribution in [0.2, 0.25) is 0 Å². The lowest BCUT2D eigenvalue weighted by Gasteiger charge is -2.25. The quantitative estimate of drug-likeness (QED) is 0.862. The monoisotopic (exact) mass is 311 g/mol. The summed E-state index contributed by atoms with van der Waals surface area (Å²) < 4.78 is 20.0. The van der Waals surface area contributed by atoms with Crippen molar-refractivity contribution in [3.05, 3.63) is 29.1 Å². The largest absolute Gasteiger partial charge is 0.378 e. The van der Waals surface area contributed by atoms with Crippen molar-refractivity contribution >= 4 is 23.2 Å². The zero-order valence-corrected chi connectivity index (χ0v) is 12.8. The van der Waals surface area contributed by atoms with Crippen LogP contribution in [0.25, 0.3) is 0 Å². The van der Waals surface area contributed by atoms with E-state index in [0.29, 0.717) is 30.7 Å². The first-order valence-corrected chi connectivity index (χ1v) is 7.91. The molecule has 0 saturated carbocycles. The fourth-order valence-electron chi connectivity index (χ4n) is 3.28. The van der Waals surface area contributed by atoms with Crippen molar-refractivity contribution in [3.63, 3.8) is 0 Å². The van der Waals surface area contributed by atoms with Gasteiger partial charge in [0.1, 0.15) is 5.82 Å². The topological polar surface area (TPSA) is 38.3 Å².